The lowest BCUT2D eigenvalue weighted by molar-refractivity contribution is -0.384. The minimum Gasteiger partial charge on any atom is -0.258 e. The molecule has 3 rings (SSSR count). The summed E-state index contributed by atoms with van der Waals surface area (Å²) < 4.78 is 27.1. The highest BCUT2D eigenvalue weighted by Gasteiger charge is 2.53. The van der Waals surface area contributed by atoms with Gasteiger partial charge in [-0.1, -0.05) is 11.6 Å². The molecule has 2 aliphatic carbocycles. The lowest BCUT2D eigenvalue weighted by atomic mass is 10.0. The van der Waals surface area contributed by atoms with Gasteiger partial charge in [0.2, 0.25) is 10.0 Å². The average molecular weight is 331 g/mol. The van der Waals surface area contributed by atoms with Crippen LogP contribution in [0.2, 0.25) is 5.02 Å². The summed E-state index contributed by atoms with van der Waals surface area (Å²) in [7, 11) is -3.75. The number of hydrogen-bond donors (Lipinski definition) is 1. The molecule has 0 unspecified atom stereocenters. The van der Waals surface area contributed by atoms with Crippen LogP contribution >= 0.6 is 11.6 Å². The van der Waals surface area contributed by atoms with E-state index in [1.165, 1.54) is 25.0 Å². The molecule has 6 nitrogen and oxygen atoms in total. The van der Waals surface area contributed by atoms with Crippen molar-refractivity contribution in [1.29, 1.82) is 0 Å². The van der Waals surface area contributed by atoms with Gasteiger partial charge in [0.1, 0.15) is 5.02 Å². The van der Waals surface area contributed by atoms with Crippen LogP contribution in [-0.2, 0) is 10.0 Å². The number of nitrogens with zero attached hydrogens (tertiary/aromatic N) is 1. The van der Waals surface area contributed by atoms with Crippen molar-refractivity contribution in [2.24, 2.45) is 11.3 Å². The van der Waals surface area contributed by atoms with Gasteiger partial charge in [-0.3, -0.25) is 10.1 Å². The highest BCUT2D eigenvalue weighted by molar-refractivity contribution is 7.89. The molecule has 2 saturated carbocycles. The van der Waals surface area contributed by atoms with Crippen LogP contribution < -0.4 is 4.72 Å². The lowest BCUT2D eigenvalue weighted by Crippen LogP contribution is -2.31. The van der Waals surface area contributed by atoms with Crippen molar-refractivity contribution in [3.05, 3.63) is 33.3 Å². The fourth-order valence-corrected chi connectivity index (χ4v) is 4.05. The summed E-state index contributed by atoms with van der Waals surface area (Å²) in [6, 6.07) is 3.53. The molecule has 0 heterocycles. The van der Waals surface area contributed by atoms with Crippen molar-refractivity contribution in [2.45, 2.75) is 30.6 Å². The molecule has 0 aromatic heterocycles. The van der Waals surface area contributed by atoms with Crippen LogP contribution in [0.1, 0.15) is 25.7 Å². The average Bonchev–Trinajstić information content (AvgIpc) is 3.27. The second-order valence-corrected chi connectivity index (χ2v) is 8.01. The maximum atomic E-state index is 12.3. The maximum absolute atomic E-state index is 12.3. The molecular weight excluding hydrogens is 316 g/mol. The normalized spacial score (nSPS) is 20.2. The highest BCUT2D eigenvalue weighted by Crippen LogP contribution is 2.60. The molecule has 1 aromatic carbocycles. The van der Waals surface area contributed by atoms with Gasteiger partial charge in [-0.15, -0.1) is 0 Å². The van der Waals surface area contributed by atoms with E-state index in [0.717, 1.165) is 18.9 Å². The van der Waals surface area contributed by atoms with Gasteiger partial charge < -0.3 is 0 Å². The Bertz CT molecular complexity index is 696. The maximum Gasteiger partial charge on any atom is 0.289 e. The van der Waals surface area contributed by atoms with Crippen molar-refractivity contribution in [2.75, 3.05) is 6.54 Å². The fraction of sp³-hybridized carbons (Fsp3) is 0.538. The standard InChI is InChI=1S/C13H15ClN2O4S/c14-11-4-3-10(7-12(11)16(17)18)21(19,20)15-8-13(5-6-13)9-1-2-9/h3-4,7,9,15H,1-2,5-6,8H2. The van der Waals surface area contributed by atoms with E-state index >= 15 is 0 Å². The zero-order valence-corrected chi connectivity index (χ0v) is 12.8. The molecule has 0 saturated heterocycles. The van der Waals surface area contributed by atoms with Crippen LogP contribution in [0.4, 0.5) is 5.69 Å². The van der Waals surface area contributed by atoms with Gasteiger partial charge >= 0.3 is 0 Å². The molecule has 2 fully saturated rings. The smallest absolute Gasteiger partial charge is 0.258 e. The molecule has 2 aliphatic rings. The first kappa shape index (κ1) is 14.7. The zero-order chi connectivity index (χ0) is 15.3. The number of hydrogen-bond acceptors (Lipinski definition) is 4. The van der Waals surface area contributed by atoms with Crippen molar-refractivity contribution in [1.82, 2.24) is 4.72 Å². The summed E-state index contributed by atoms with van der Waals surface area (Å²) in [5.74, 6) is 0.639. The third-order valence-electron chi connectivity index (χ3n) is 4.37. The molecule has 1 N–H and O–H groups in total. The van der Waals surface area contributed by atoms with Gasteiger partial charge in [0.05, 0.1) is 9.82 Å². The van der Waals surface area contributed by atoms with E-state index in [-0.39, 0.29) is 15.3 Å². The SMILES string of the molecule is O=[N+]([O-])c1cc(S(=O)(=O)NCC2(C3CC3)CC2)ccc1Cl. The molecule has 0 aliphatic heterocycles. The Kier molecular flexibility index (Phi) is 3.46. The Morgan fingerprint density at radius 2 is 2.05 bits per heavy atom. The summed E-state index contributed by atoms with van der Waals surface area (Å²) >= 11 is 5.69. The van der Waals surface area contributed by atoms with Gasteiger partial charge in [0, 0.05) is 12.6 Å². The van der Waals surface area contributed by atoms with Gasteiger partial charge in [-0.05, 0) is 49.1 Å². The van der Waals surface area contributed by atoms with Gasteiger partial charge in [0.25, 0.3) is 5.69 Å². The van der Waals surface area contributed by atoms with Crippen LogP contribution in [-0.4, -0.2) is 19.9 Å². The molecule has 114 valence electrons. The van der Waals surface area contributed by atoms with E-state index in [2.05, 4.69) is 4.72 Å². The van der Waals surface area contributed by atoms with Crippen LogP contribution in [0.25, 0.3) is 0 Å². The second-order valence-electron chi connectivity index (χ2n) is 5.83. The lowest BCUT2D eigenvalue weighted by Gasteiger charge is -2.15. The van der Waals surface area contributed by atoms with E-state index in [0.29, 0.717) is 12.5 Å². The summed E-state index contributed by atoms with van der Waals surface area (Å²) in [5.41, 5.74) is -0.270. The van der Waals surface area contributed by atoms with E-state index in [9.17, 15) is 18.5 Å². The van der Waals surface area contributed by atoms with E-state index in [4.69, 9.17) is 11.6 Å². The number of nitrogens with one attached hydrogen (secondary N) is 1. The van der Waals surface area contributed by atoms with Gasteiger partial charge in [-0.25, -0.2) is 13.1 Å². The van der Waals surface area contributed by atoms with Crippen molar-refractivity contribution < 1.29 is 13.3 Å². The predicted octanol–water partition coefficient (Wildman–Crippen LogP) is 2.72. The van der Waals surface area contributed by atoms with E-state index < -0.39 is 20.6 Å². The third-order valence-corrected chi connectivity index (χ3v) is 6.09. The number of sulfonamides is 1. The minimum absolute atomic E-state index is 0.0735. The summed E-state index contributed by atoms with van der Waals surface area (Å²) in [6.07, 6.45) is 4.46. The monoisotopic (exact) mass is 330 g/mol. The third kappa shape index (κ3) is 2.90. The largest absolute Gasteiger partial charge is 0.289 e. The Morgan fingerprint density at radius 1 is 1.38 bits per heavy atom. The summed E-state index contributed by atoms with van der Waals surface area (Å²) in [6.45, 7) is 0.413. The summed E-state index contributed by atoms with van der Waals surface area (Å²) in [5, 5.41) is 10.8. The molecular formula is C13H15ClN2O4S. The second kappa shape index (κ2) is 4.93. The predicted molar refractivity (Wildman–Crippen MR) is 77.7 cm³/mol. The van der Waals surface area contributed by atoms with Crippen LogP contribution in [0, 0.1) is 21.4 Å². The van der Waals surface area contributed by atoms with E-state index in [1.807, 2.05) is 0 Å². The Balaban J connectivity index is 1.78. The van der Waals surface area contributed by atoms with Crippen LogP contribution in [0.5, 0.6) is 0 Å². The molecule has 0 spiro atoms. The number of rotatable bonds is 6. The van der Waals surface area contributed by atoms with Gasteiger partial charge in [0.15, 0.2) is 0 Å². The Labute approximate surface area is 127 Å². The van der Waals surface area contributed by atoms with Crippen molar-refractivity contribution in [3.8, 4) is 0 Å². The Morgan fingerprint density at radius 3 is 2.57 bits per heavy atom. The molecule has 8 heteroatoms. The first-order valence-corrected chi connectivity index (χ1v) is 8.64. The van der Waals surface area contributed by atoms with Crippen LogP contribution in [0.3, 0.4) is 0 Å². The minimum atomic E-state index is -3.75. The summed E-state index contributed by atoms with van der Waals surface area (Å²) in [4.78, 5) is 10.0. The van der Waals surface area contributed by atoms with E-state index in [1.54, 1.807) is 0 Å². The molecule has 1 aromatic rings. The van der Waals surface area contributed by atoms with Gasteiger partial charge in [-0.2, -0.15) is 0 Å². The number of halogens is 1. The molecule has 0 bridgehead atoms. The number of nitro benzene ring substituents is 1. The van der Waals surface area contributed by atoms with Crippen molar-refractivity contribution >= 4 is 27.3 Å². The zero-order valence-electron chi connectivity index (χ0n) is 11.2. The fourth-order valence-electron chi connectivity index (χ4n) is 2.71. The molecule has 0 radical (unpaired) electrons. The van der Waals surface area contributed by atoms with Crippen molar-refractivity contribution in [3.63, 3.8) is 0 Å². The molecule has 0 atom stereocenters. The highest BCUT2D eigenvalue weighted by atomic mass is 35.5. The number of benzene rings is 1. The first-order chi connectivity index (χ1) is 9.84. The molecule has 21 heavy (non-hydrogen) atoms. The Hall–Kier alpha value is -1.18. The number of nitro groups is 1. The topological polar surface area (TPSA) is 89.3 Å². The first-order valence-electron chi connectivity index (χ1n) is 6.78. The van der Waals surface area contributed by atoms with Crippen LogP contribution in [0.15, 0.2) is 23.1 Å². The molecule has 0 amide bonds. The quantitative estimate of drug-likeness (QED) is 0.641.